The average Bonchev–Trinajstić information content (AvgIpc) is 2.80. The van der Waals surface area contributed by atoms with Crippen LogP contribution in [0.1, 0.15) is 33.1 Å². The standard InChI is InChI=1S/C14H24FN3O4/c1-14(2,15)7-9(16)12(20)18-10(13(21)22-3)6-8-4-5-17-11(8)19/h8-10H,4-7,16H2,1-3H3,(H,17,19)(H,18,20). The van der Waals surface area contributed by atoms with E-state index in [2.05, 4.69) is 15.4 Å². The molecule has 0 aromatic carbocycles. The van der Waals surface area contributed by atoms with Crippen LogP contribution in [0.15, 0.2) is 0 Å². The molecule has 1 heterocycles. The van der Waals surface area contributed by atoms with Crippen molar-refractivity contribution in [3.63, 3.8) is 0 Å². The lowest BCUT2D eigenvalue weighted by Crippen LogP contribution is -2.51. The molecule has 1 aliphatic heterocycles. The molecule has 22 heavy (non-hydrogen) atoms. The van der Waals surface area contributed by atoms with Gasteiger partial charge >= 0.3 is 5.97 Å². The van der Waals surface area contributed by atoms with Gasteiger partial charge < -0.3 is 21.1 Å². The van der Waals surface area contributed by atoms with Crippen molar-refractivity contribution < 1.29 is 23.5 Å². The second-order valence-electron chi connectivity index (χ2n) is 6.13. The Kier molecular flexibility index (Phi) is 6.28. The van der Waals surface area contributed by atoms with Crippen molar-refractivity contribution in [3.05, 3.63) is 0 Å². The zero-order chi connectivity index (χ0) is 16.9. The van der Waals surface area contributed by atoms with Gasteiger partial charge in [0.1, 0.15) is 11.7 Å². The fourth-order valence-corrected chi connectivity index (χ4v) is 2.41. The molecule has 3 atom stereocenters. The summed E-state index contributed by atoms with van der Waals surface area (Å²) in [6, 6.07) is -2.05. The molecule has 0 aliphatic carbocycles. The lowest BCUT2D eigenvalue weighted by atomic mass is 9.97. The molecule has 1 fully saturated rings. The van der Waals surface area contributed by atoms with E-state index in [0.29, 0.717) is 13.0 Å². The van der Waals surface area contributed by atoms with Crippen LogP contribution in [0.2, 0.25) is 0 Å². The molecule has 3 unspecified atom stereocenters. The Morgan fingerprint density at radius 3 is 2.64 bits per heavy atom. The largest absolute Gasteiger partial charge is 0.467 e. The Labute approximate surface area is 129 Å². The van der Waals surface area contributed by atoms with E-state index in [0.717, 1.165) is 0 Å². The Bertz CT molecular complexity index is 436. The predicted octanol–water partition coefficient (Wildman–Crippen LogP) is -0.364. The number of halogens is 1. The molecule has 1 saturated heterocycles. The summed E-state index contributed by atoms with van der Waals surface area (Å²) >= 11 is 0. The van der Waals surface area contributed by atoms with Crippen LogP contribution >= 0.6 is 0 Å². The summed E-state index contributed by atoms with van der Waals surface area (Å²) in [4.78, 5) is 35.3. The number of esters is 1. The van der Waals surface area contributed by atoms with Crippen molar-refractivity contribution in [1.82, 2.24) is 10.6 Å². The molecule has 0 aromatic heterocycles. The van der Waals surface area contributed by atoms with E-state index in [1.807, 2.05) is 0 Å². The van der Waals surface area contributed by atoms with Gasteiger partial charge in [-0.1, -0.05) is 0 Å². The van der Waals surface area contributed by atoms with Crippen LogP contribution in [0, 0.1) is 5.92 Å². The number of ether oxygens (including phenoxy) is 1. The Morgan fingerprint density at radius 2 is 2.18 bits per heavy atom. The maximum absolute atomic E-state index is 13.5. The molecule has 4 N–H and O–H groups in total. The number of hydrogen-bond donors (Lipinski definition) is 3. The maximum Gasteiger partial charge on any atom is 0.328 e. The van der Waals surface area contributed by atoms with Crippen LogP contribution in [-0.2, 0) is 19.1 Å². The molecule has 1 rings (SSSR count). The molecule has 7 nitrogen and oxygen atoms in total. The second-order valence-corrected chi connectivity index (χ2v) is 6.13. The van der Waals surface area contributed by atoms with Crippen molar-refractivity contribution in [3.8, 4) is 0 Å². The molecule has 1 aliphatic rings. The number of alkyl halides is 1. The van der Waals surface area contributed by atoms with E-state index in [4.69, 9.17) is 5.73 Å². The van der Waals surface area contributed by atoms with Crippen LogP contribution in [0.25, 0.3) is 0 Å². The highest BCUT2D eigenvalue weighted by atomic mass is 19.1. The van der Waals surface area contributed by atoms with Crippen molar-refractivity contribution in [2.24, 2.45) is 11.7 Å². The molecule has 0 spiro atoms. The summed E-state index contributed by atoms with van der Waals surface area (Å²) in [5, 5.41) is 5.11. The number of amides is 2. The highest BCUT2D eigenvalue weighted by Gasteiger charge is 2.33. The quantitative estimate of drug-likeness (QED) is 0.555. The first-order valence-electron chi connectivity index (χ1n) is 7.24. The summed E-state index contributed by atoms with van der Waals surface area (Å²) in [5.41, 5.74) is 4.05. The van der Waals surface area contributed by atoms with Crippen LogP contribution in [0.5, 0.6) is 0 Å². The topological polar surface area (TPSA) is 111 Å². The SMILES string of the molecule is COC(=O)C(CC1CCNC1=O)NC(=O)C(N)CC(C)(C)F. The zero-order valence-electron chi connectivity index (χ0n) is 13.1. The minimum Gasteiger partial charge on any atom is -0.467 e. The van der Waals surface area contributed by atoms with Crippen LogP contribution in [0.4, 0.5) is 4.39 Å². The minimum absolute atomic E-state index is 0.135. The van der Waals surface area contributed by atoms with Gasteiger partial charge in [-0.25, -0.2) is 9.18 Å². The Balaban J connectivity index is 2.66. The van der Waals surface area contributed by atoms with Gasteiger partial charge in [-0.05, 0) is 26.7 Å². The second kappa shape index (κ2) is 7.53. The zero-order valence-corrected chi connectivity index (χ0v) is 13.1. The molecular formula is C14H24FN3O4. The molecule has 126 valence electrons. The number of methoxy groups -OCH3 is 1. The molecule has 8 heteroatoms. The summed E-state index contributed by atoms with van der Waals surface area (Å²) in [6.07, 6.45) is 0.554. The third-order valence-electron chi connectivity index (χ3n) is 3.53. The van der Waals surface area contributed by atoms with Gasteiger partial charge in [0.05, 0.1) is 13.2 Å². The van der Waals surface area contributed by atoms with Crippen LogP contribution < -0.4 is 16.4 Å². The third-order valence-corrected chi connectivity index (χ3v) is 3.53. The first-order chi connectivity index (χ1) is 10.1. The summed E-state index contributed by atoms with van der Waals surface area (Å²) < 4.78 is 18.2. The lowest BCUT2D eigenvalue weighted by Gasteiger charge is -2.23. The number of carbonyl (C=O) groups excluding carboxylic acids is 3. The van der Waals surface area contributed by atoms with E-state index in [-0.39, 0.29) is 24.7 Å². The molecular weight excluding hydrogens is 293 g/mol. The van der Waals surface area contributed by atoms with Crippen molar-refractivity contribution in [2.75, 3.05) is 13.7 Å². The Morgan fingerprint density at radius 1 is 1.55 bits per heavy atom. The van der Waals surface area contributed by atoms with Gasteiger partial charge in [-0.3, -0.25) is 9.59 Å². The molecule has 0 bridgehead atoms. The van der Waals surface area contributed by atoms with E-state index in [1.54, 1.807) is 0 Å². The van der Waals surface area contributed by atoms with Gasteiger partial charge in [-0.15, -0.1) is 0 Å². The highest BCUT2D eigenvalue weighted by molar-refractivity contribution is 5.88. The van der Waals surface area contributed by atoms with E-state index in [1.165, 1.54) is 21.0 Å². The smallest absolute Gasteiger partial charge is 0.328 e. The maximum atomic E-state index is 13.5. The van der Waals surface area contributed by atoms with Crippen molar-refractivity contribution >= 4 is 17.8 Å². The number of nitrogens with one attached hydrogen (secondary N) is 2. The van der Waals surface area contributed by atoms with Crippen molar-refractivity contribution in [1.29, 1.82) is 0 Å². The molecule has 0 radical (unpaired) electrons. The van der Waals surface area contributed by atoms with Gasteiger partial charge in [0.2, 0.25) is 11.8 Å². The van der Waals surface area contributed by atoms with Gasteiger partial charge in [-0.2, -0.15) is 0 Å². The fourth-order valence-electron chi connectivity index (χ4n) is 2.41. The highest BCUT2D eigenvalue weighted by Crippen LogP contribution is 2.18. The van der Waals surface area contributed by atoms with E-state index < -0.39 is 29.6 Å². The first-order valence-corrected chi connectivity index (χ1v) is 7.24. The number of nitrogens with two attached hydrogens (primary N) is 1. The van der Waals surface area contributed by atoms with Gasteiger partial charge in [0, 0.05) is 18.9 Å². The minimum atomic E-state index is -1.59. The molecule has 2 amide bonds. The monoisotopic (exact) mass is 317 g/mol. The number of carbonyl (C=O) groups is 3. The van der Waals surface area contributed by atoms with Gasteiger partial charge in [0.15, 0.2) is 0 Å². The van der Waals surface area contributed by atoms with E-state index in [9.17, 15) is 18.8 Å². The average molecular weight is 317 g/mol. The molecule has 0 aromatic rings. The normalized spacial score (nSPS) is 21.0. The fraction of sp³-hybridized carbons (Fsp3) is 0.786. The first kappa shape index (κ1) is 18.3. The van der Waals surface area contributed by atoms with Crippen LogP contribution in [0.3, 0.4) is 0 Å². The lowest BCUT2D eigenvalue weighted by molar-refractivity contribution is -0.146. The Hall–Kier alpha value is -1.70. The number of rotatable bonds is 7. The van der Waals surface area contributed by atoms with Crippen LogP contribution in [-0.4, -0.2) is 49.2 Å². The predicted molar refractivity (Wildman–Crippen MR) is 77.5 cm³/mol. The summed E-state index contributed by atoms with van der Waals surface area (Å²) in [6.45, 7) is 3.18. The third kappa shape index (κ3) is 5.59. The molecule has 0 saturated carbocycles. The van der Waals surface area contributed by atoms with Crippen molar-refractivity contribution in [2.45, 2.75) is 50.9 Å². The van der Waals surface area contributed by atoms with Gasteiger partial charge in [0.25, 0.3) is 0 Å². The number of hydrogen-bond acceptors (Lipinski definition) is 5. The summed E-state index contributed by atoms with van der Waals surface area (Å²) in [5.74, 6) is -1.81. The summed E-state index contributed by atoms with van der Waals surface area (Å²) in [7, 11) is 1.20. The van der Waals surface area contributed by atoms with E-state index >= 15 is 0 Å².